The average molecular weight is 298 g/mol. The van der Waals surface area contributed by atoms with E-state index in [1.54, 1.807) is 18.1 Å². The molecule has 6 heteroatoms. The third-order valence-electron chi connectivity index (χ3n) is 3.72. The molecule has 0 aromatic heterocycles. The fourth-order valence-electron chi connectivity index (χ4n) is 2.54. The van der Waals surface area contributed by atoms with Gasteiger partial charge in [0.25, 0.3) is 11.6 Å². The SMILES string of the molecule is COc1ccc(CN2Cc3ccc([N+](=O)[O-])cc3C2=O)cc1. The lowest BCUT2D eigenvalue weighted by Crippen LogP contribution is -2.23. The minimum Gasteiger partial charge on any atom is -0.497 e. The number of nitro benzene ring substituents is 1. The van der Waals surface area contributed by atoms with Crippen LogP contribution in [0.3, 0.4) is 0 Å². The molecule has 1 aliphatic heterocycles. The van der Waals surface area contributed by atoms with Crippen molar-refractivity contribution in [2.45, 2.75) is 13.1 Å². The van der Waals surface area contributed by atoms with Crippen LogP contribution in [0.5, 0.6) is 5.75 Å². The van der Waals surface area contributed by atoms with Crippen molar-refractivity contribution in [3.63, 3.8) is 0 Å². The quantitative estimate of drug-likeness (QED) is 0.642. The highest BCUT2D eigenvalue weighted by Crippen LogP contribution is 2.28. The molecule has 2 aromatic carbocycles. The highest BCUT2D eigenvalue weighted by Gasteiger charge is 2.29. The number of non-ortho nitro benzene ring substituents is 1. The van der Waals surface area contributed by atoms with E-state index in [2.05, 4.69) is 0 Å². The Balaban J connectivity index is 1.79. The second-order valence-electron chi connectivity index (χ2n) is 5.11. The van der Waals surface area contributed by atoms with Gasteiger partial charge in [0.05, 0.1) is 17.6 Å². The molecule has 2 aromatic rings. The maximum Gasteiger partial charge on any atom is 0.270 e. The second kappa shape index (κ2) is 5.48. The predicted molar refractivity (Wildman–Crippen MR) is 79.7 cm³/mol. The van der Waals surface area contributed by atoms with Crippen molar-refractivity contribution in [1.82, 2.24) is 4.90 Å². The molecule has 0 bridgehead atoms. The lowest BCUT2D eigenvalue weighted by atomic mass is 10.1. The van der Waals surface area contributed by atoms with Gasteiger partial charge in [0.15, 0.2) is 0 Å². The minimum atomic E-state index is -0.486. The Morgan fingerprint density at radius 3 is 2.59 bits per heavy atom. The van der Waals surface area contributed by atoms with Gasteiger partial charge in [0.1, 0.15) is 5.75 Å². The molecular weight excluding hydrogens is 284 g/mol. The molecule has 0 spiro atoms. The van der Waals surface area contributed by atoms with Gasteiger partial charge < -0.3 is 9.64 Å². The molecule has 1 heterocycles. The summed E-state index contributed by atoms with van der Waals surface area (Å²) in [5.41, 5.74) is 2.17. The van der Waals surface area contributed by atoms with Crippen LogP contribution in [0.2, 0.25) is 0 Å². The van der Waals surface area contributed by atoms with Gasteiger partial charge in [-0.25, -0.2) is 0 Å². The highest BCUT2D eigenvalue weighted by molar-refractivity contribution is 5.98. The number of hydrogen-bond acceptors (Lipinski definition) is 4. The van der Waals surface area contributed by atoms with Crippen LogP contribution < -0.4 is 4.74 Å². The molecule has 0 N–H and O–H groups in total. The van der Waals surface area contributed by atoms with E-state index in [-0.39, 0.29) is 11.6 Å². The van der Waals surface area contributed by atoms with E-state index in [4.69, 9.17) is 4.74 Å². The summed E-state index contributed by atoms with van der Waals surface area (Å²) in [6.45, 7) is 0.934. The summed E-state index contributed by atoms with van der Waals surface area (Å²) in [7, 11) is 1.60. The number of carbonyl (C=O) groups excluding carboxylic acids is 1. The lowest BCUT2D eigenvalue weighted by molar-refractivity contribution is -0.384. The number of nitrogens with zero attached hydrogens (tertiary/aromatic N) is 2. The van der Waals surface area contributed by atoms with E-state index in [1.807, 2.05) is 24.3 Å². The Kier molecular flexibility index (Phi) is 3.50. The third kappa shape index (κ3) is 2.50. The van der Waals surface area contributed by atoms with Crippen molar-refractivity contribution < 1.29 is 14.5 Å². The van der Waals surface area contributed by atoms with Crippen LogP contribution in [-0.4, -0.2) is 22.8 Å². The van der Waals surface area contributed by atoms with Crippen molar-refractivity contribution in [3.8, 4) is 5.75 Å². The fourth-order valence-corrected chi connectivity index (χ4v) is 2.54. The summed E-state index contributed by atoms with van der Waals surface area (Å²) in [5.74, 6) is 0.588. The standard InChI is InChI=1S/C16H14N2O4/c1-22-14-6-2-11(3-7-14)9-17-10-12-4-5-13(18(20)21)8-15(12)16(17)19/h2-8H,9-10H2,1H3. The Labute approximate surface area is 127 Å². The van der Waals surface area contributed by atoms with Crippen LogP contribution in [-0.2, 0) is 13.1 Å². The topological polar surface area (TPSA) is 72.7 Å². The van der Waals surface area contributed by atoms with Crippen LogP contribution in [0.25, 0.3) is 0 Å². The Bertz CT molecular complexity index is 740. The fraction of sp³-hybridized carbons (Fsp3) is 0.188. The van der Waals surface area contributed by atoms with Gasteiger partial charge in [-0.2, -0.15) is 0 Å². The van der Waals surface area contributed by atoms with E-state index in [0.717, 1.165) is 16.9 Å². The van der Waals surface area contributed by atoms with E-state index >= 15 is 0 Å². The normalized spacial score (nSPS) is 13.1. The predicted octanol–water partition coefficient (Wildman–Crippen LogP) is 2.76. The van der Waals surface area contributed by atoms with E-state index in [0.29, 0.717) is 18.7 Å². The Morgan fingerprint density at radius 1 is 1.23 bits per heavy atom. The van der Waals surface area contributed by atoms with Crippen molar-refractivity contribution in [2.75, 3.05) is 7.11 Å². The molecule has 0 radical (unpaired) electrons. The summed E-state index contributed by atoms with van der Waals surface area (Å²) in [5, 5.41) is 10.8. The number of rotatable bonds is 4. The van der Waals surface area contributed by atoms with Crippen LogP contribution in [0, 0.1) is 10.1 Å². The minimum absolute atomic E-state index is 0.0570. The molecular formula is C16H14N2O4. The zero-order valence-electron chi connectivity index (χ0n) is 12.0. The first-order chi connectivity index (χ1) is 10.6. The summed E-state index contributed by atoms with van der Waals surface area (Å²) in [6.07, 6.45) is 0. The van der Waals surface area contributed by atoms with Gasteiger partial charge >= 0.3 is 0 Å². The first kappa shape index (κ1) is 14.1. The van der Waals surface area contributed by atoms with Gasteiger partial charge in [-0.15, -0.1) is 0 Å². The van der Waals surface area contributed by atoms with Crippen molar-refractivity contribution in [3.05, 3.63) is 69.3 Å². The number of benzene rings is 2. The number of methoxy groups -OCH3 is 1. The molecule has 0 atom stereocenters. The smallest absolute Gasteiger partial charge is 0.270 e. The van der Waals surface area contributed by atoms with Gasteiger partial charge in [-0.3, -0.25) is 14.9 Å². The Hall–Kier alpha value is -2.89. The number of fused-ring (bicyclic) bond motifs is 1. The average Bonchev–Trinajstić information content (AvgIpc) is 2.84. The van der Waals surface area contributed by atoms with Gasteiger partial charge in [0.2, 0.25) is 0 Å². The zero-order chi connectivity index (χ0) is 15.7. The Morgan fingerprint density at radius 2 is 1.95 bits per heavy atom. The van der Waals surface area contributed by atoms with Crippen LogP contribution in [0.4, 0.5) is 5.69 Å². The number of ether oxygens (including phenoxy) is 1. The summed E-state index contributed by atoms with van der Waals surface area (Å²) < 4.78 is 5.10. The van der Waals surface area contributed by atoms with E-state index < -0.39 is 4.92 Å². The van der Waals surface area contributed by atoms with Gasteiger partial charge in [-0.05, 0) is 29.3 Å². The molecule has 0 unspecified atom stereocenters. The number of nitro groups is 1. The first-order valence-electron chi connectivity index (χ1n) is 6.78. The molecule has 6 nitrogen and oxygen atoms in total. The van der Waals surface area contributed by atoms with Crippen LogP contribution >= 0.6 is 0 Å². The molecule has 112 valence electrons. The zero-order valence-corrected chi connectivity index (χ0v) is 12.0. The number of carbonyl (C=O) groups is 1. The second-order valence-corrected chi connectivity index (χ2v) is 5.11. The lowest BCUT2D eigenvalue weighted by Gasteiger charge is -2.15. The monoisotopic (exact) mass is 298 g/mol. The number of amides is 1. The molecule has 1 amide bonds. The molecule has 0 saturated carbocycles. The summed E-state index contributed by atoms with van der Waals surface area (Å²) >= 11 is 0. The third-order valence-corrected chi connectivity index (χ3v) is 3.72. The largest absolute Gasteiger partial charge is 0.497 e. The molecule has 0 saturated heterocycles. The van der Waals surface area contributed by atoms with Gasteiger partial charge in [-0.1, -0.05) is 12.1 Å². The molecule has 0 fully saturated rings. The summed E-state index contributed by atoms with van der Waals surface area (Å²) in [4.78, 5) is 24.4. The maximum absolute atomic E-state index is 12.4. The highest BCUT2D eigenvalue weighted by atomic mass is 16.6. The molecule has 0 aliphatic carbocycles. The molecule has 1 aliphatic rings. The first-order valence-corrected chi connectivity index (χ1v) is 6.78. The van der Waals surface area contributed by atoms with Crippen molar-refractivity contribution >= 4 is 11.6 Å². The molecule has 3 rings (SSSR count). The summed E-state index contributed by atoms with van der Waals surface area (Å²) in [6, 6.07) is 11.9. The van der Waals surface area contributed by atoms with Crippen LogP contribution in [0.1, 0.15) is 21.5 Å². The van der Waals surface area contributed by atoms with Crippen molar-refractivity contribution in [1.29, 1.82) is 0 Å². The van der Waals surface area contributed by atoms with E-state index in [9.17, 15) is 14.9 Å². The van der Waals surface area contributed by atoms with Gasteiger partial charge in [0, 0.05) is 25.2 Å². The van der Waals surface area contributed by atoms with Crippen molar-refractivity contribution in [2.24, 2.45) is 0 Å². The maximum atomic E-state index is 12.4. The van der Waals surface area contributed by atoms with E-state index in [1.165, 1.54) is 12.1 Å². The molecule has 22 heavy (non-hydrogen) atoms. The number of hydrogen-bond donors (Lipinski definition) is 0. The van der Waals surface area contributed by atoms with Crippen LogP contribution in [0.15, 0.2) is 42.5 Å².